The highest BCUT2D eigenvalue weighted by atomic mass is 16.5. The Morgan fingerprint density at radius 3 is 2.62 bits per heavy atom. The maximum atomic E-state index is 12.7. The molecule has 2 heterocycles. The molecule has 146 valence electrons. The first-order valence-electron chi connectivity index (χ1n) is 10.2. The van der Waals surface area contributed by atoms with Gasteiger partial charge in [-0.1, -0.05) is 36.4 Å². The van der Waals surface area contributed by atoms with Gasteiger partial charge in [-0.25, -0.2) is 0 Å². The van der Waals surface area contributed by atoms with Crippen molar-refractivity contribution in [1.82, 2.24) is 9.13 Å². The summed E-state index contributed by atoms with van der Waals surface area (Å²) in [6, 6.07) is 19.7. The van der Waals surface area contributed by atoms with Crippen molar-refractivity contribution in [3.63, 3.8) is 0 Å². The van der Waals surface area contributed by atoms with Crippen LogP contribution in [0.2, 0.25) is 0 Å². The number of hydrogen-bond acceptors (Lipinski definition) is 2. The molecule has 2 aromatic carbocycles. The predicted molar refractivity (Wildman–Crippen MR) is 116 cm³/mol. The second-order valence-corrected chi connectivity index (χ2v) is 7.74. The van der Waals surface area contributed by atoms with E-state index in [-0.39, 0.29) is 5.56 Å². The molecule has 0 radical (unpaired) electrons. The number of aryl methyl sites for hydroxylation is 2. The first kappa shape index (κ1) is 17.8. The van der Waals surface area contributed by atoms with E-state index < -0.39 is 0 Å². The van der Waals surface area contributed by atoms with Crippen LogP contribution in [0.4, 0.5) is 0 Å². The van der Waals surface area contributed by atoms with Gasteiger partial charge in [0.1, 0.15) is 12.4 Å². The number of nitrogens with zero attached hydrogens (tertiary/aromatic N) is 2. The highest BCUT2D eigenvalue weighted by Gasteiger charge is 2.18. The van der Waals surface area contributed by atoms with Gasteiger partial charge in [-0.05, 0) is 55.0 Å². The van der Waals surface area contributed by atoms with Gasteiger partial charge in [0.2, 0.25) is 0 Å². The van der Waals surface area contributed by atoms with E-state index in [2.05, 4.69) is 23.7 Å². The summed E-state index contributed by atoms with van der Waals surface area (Å²) in [6.07, 6.45) is 6.61. The molecule has 4 aromatic rings. The second-order valence-electron chi connectivity index (χ2n) is 7.74. The molecule has 0 fully saturated rings. The van der Waals surface area contributed by atoms with E-state index in [1.807, 2.05) is 42.5 Å². The number of benzene rings is 2. The molecule has 0 saturated carbocycles. The van der Waals surface area contributed by atoms with Gasteiger partial charge >= 0.3 is 0 Å². The average Bonchev–Trinajstić information content (AvgIpc) is 3.05. The summed E-state index contributed by atoms with van der Waals surface area (Å²) in [5.41, 5.74) is 6.00. The van der Waals surface area contributed by atoms with Crippen molar-refractivity contribution in [2.75, 3.05) is 0 Å². The lowest BCUT2D eigenvalue weighted by Gasteiger charge is -2.12. The minimum atomic E-state index is -0.0890. The van der Waals surface area contributed by atoms with Crippen LogP contribution in [-0.2, 0) is 26.5 Å². The Hall–Kier alpha value is -3.27. The Balaban J connectivity index is 1.45. The third-order valence-electron chi connectivity index (χ3n) is 5.93. The van der Waals surface area contributed by atoms with Crippen LogP contribution in [0.5, 0.6) is 5.75 Å². The van der Waals surface area contributed by atoms with Crippen molar-refractivity contribution in [2.45, 2.75) is 32.3 Å². The second kappa shape index (κ2) is 7.28. The highest BCUT2D eigenvalue weighted by molar-refractivity contribution is 5.87. The number of aromatic nitrogens is 2. The molecule has 4 nitrogen and oxygen atoms in total. The van der Waals surface area contributed by atoms with E-state index in [4.69, 9.17) is 4.74 Å². The van der Waals surface area contributed by atoms with E-state index in [1.165, 1.54) is 35.0 Å². The third kappa shape index (κ3) is 3.25. The van der Waals surface area contributed by atoms with Crippen LogP contribution in [0.3, 0.4) is 0 Å². The molecule has 29 heavy (non-hydrogen) atoms. The minimum Gasteiger partial charge on any atom is -0.489 e. The molecule has 4 heteroatoms. The van der Waals surface area contributed by atoms with E-state index in [1.54, 1.807) is 16.8 Å². The van der Waals surface area contributed by atoms with Crippen LogP contribution >= 0.6 is 0 Å². The largest absolute Gasteiger partial charge is 0.489 e. The van der Waals surface area contributed by atoms with Gasteiger partial charge in [0, 0.05) is 30.4 Å². The number of pyridine rings is 1. The molecule has 0 saturated heterocycles. The molecule has 2 aromatic heterocycles. The van der Waals surface area contributed by atoms with Gasteiger partial charge in [0.05, 0.1) is 11.2 Å². The summed E-state index contributed by atoms with van der Waals surface area (Å²) in [7, 11) is 2.14. The van der Waals surface area contributed by atoms with E-state index in [0.29, 0.717) is 12.4 Å². The number of ether oxygens (including phenoxy) is 1. The first-order valence-corrected chi connectivity index (χ1v) is 10.2. The van der Waals surface area contributed by atoms with Crippen LogP contribution in [0, 0.1) is 0 Å². The average molecular weight is 384 g/mol. The Morgan fingerprint density at radius 2 is 1.79 bits per heavy atom. The van der Waals surface area contributed by atoms with Gasteiger partial charge in [-0.15, -0.1) is 0 Å². The Bertz CT molecular complexity index is 1240. The molecule has 0 atom stereocenters. The van der Waals surface area contributed by atoms with Crippen LogP contribution in [0.15, 0.2) is 71.7 Å². The predicted octanol–water partition coefficient (Wildman–Crippen LogP) is 4.79. The Labute approximate surface area is 170 Å². The third-order valence-corrected chi connectivity index (χ3v) is 5.93. The van der Waals surface area contributed by atoms with E-state index >= 15 is 0 Å². The van der Waals surface area contributed by atoms with Crippen molar-refractivity contribution in [1.29, 1.82) is 0 Å². The lowest BCUT2D eigenvalue weighted by atomic mass is 9.95. The summed E-state index contributed by atoms with van der Waals surface area (Å²) < 4.78 is 9.77. The van der Waals surface area contributed by atoms with Gasteiger partial charge in [-0.3, -0.25) is 9.36 Å². The summed E-state index contributed by atoms with van der Waals surface area (Å²) in [5.74, 6) is 0.588. The zero-order chi connectivity index (χ0) is 19.8. The van der Waals surface area contributed by atoms with Gasteiger partial charge < -0.3 is 9.30 Å². The highest BCUT2D eigenvalue weighted by Crippen LogP contribution is 2.32. The maximum Gasteiger partial charge on any atom is 0.258 e. The molecule has 0 amide bonds. The van der Waals surface area contributed by atoms with E-state index in [0.717, 1.165) is 24.1 Å². The van der Waals surface area contributed by atoms with Crippen LogP contribution in [-0.4, -0.2) is 9.13 Å². The van der Waals surface area contributed by atoms with Gasteiger partial charge in [0.15, 0.2) is 0 Å². The molecule has 5 rings (SSSR count). The minimum absolute atomic E-state index is 0.0890. The Kier molecular flexibility index (Phi) is 4.47. The molecule has 0 N–H and O–H groups in total. The van der Waals surface area contributed by atoms with E-state index in [9.17, 15) is 4.79 Å². The van der Waals surface area contributed by atoms with Gasteiger partial charge in [-0.2, -0.15) is 0 Å². The quantitative estimate of drug-likeness (QED) is 0.507. The Morgan fingerprint density at radius 1 is 0.966 bits per heavy atom. The SMILES string of the molecule is Cn1c2c(c3ccc(-n4ccc(OCc5ccccc5)cc4=O)cc31)CCCC2. The molecule has 0 unspecified atom stereocenters. The van der Waals surface area contributed by atoms with Crippen molar-refractivity contribution in [3.8, 4) is 11.4 Å². The van der Waals surface area contributed by atoms with Crippen molar-refractivity contribution < 1.29 is 4.74 Å². The normalized spacial score (nSPS) is 13.4. The summed E-state index contributed by atoms with van der Waals surface area (Å²) in [4.78, 5) is 12.7. The smallest absolute Gasteiger partial charge is 0.258 e. The zero-order valence-electron chi connectivity index (χ0n) is 16.6. The molecule has 1 aliphatic rings. The molecule has 1 aliphatic carbocycles. The number of rotatable bonds is 4. The number of fused-ring (bicyclic) bond motifs is 3. The monoisotopic (exact) mass is 384 g/mol. The molecular weight excluding hydrogens is 360 g/mol. The maximum absolute atomic E-state index is 12.7. The van der Waals surface area contributed by atoms with Gasteiger partial charge in [0.25, 0.3) is 5.56 Å². The molecule has 0 bridgehead atoms. The van der Waals surface area contributed by atoms with Crippen LogP contribution < -0.4 is 10.3 Å². The fourth-order valence-electron chi connectivity index (χ4n) is 4.40. The summed E-state index contributed by atoms with van der Waals surface area (Å²) >= 11 is 0. The standard InChI is InChI=1S/C25H24N2O2/c1-26-23-10-6-5-9-21(23)22-12-11-19(15-24(22)26)27-14-13-20(16-25(27)28)29-17-18-7-3-2-4-8-18/h2-4,7-8,11-16H,5-6,9-10,17H2,1H3. The van der Waals surface area contributed by atoms with Crippen LogP contribution in [0.1, 0.15) is 29.7 Å². The lowest BCUT2D eigenvalue weighted by Crippen LogP contribution is -2.16. The summed E-state index contributed by atoms with van der Waals surface area (Å²) in [5, 5.41) is 1.32. The lowest BCUT2D eigenvalue weighted by molar-refractivity contribution is 0.305. The summed E-state index contributed by atoms with van der Waals surface area (Å²) in [6.45, 7) is 0.450. The molecule has 0 spiro atoms. The number of hydrogen-bond donors (Lipinski definition) is 0. The molecular formula is C25H24N2O2. The van der Waals surface area contributed by atoms with Crippen molar-refractivity contribution in [3.05, 3.63) is 94.0 Å². The van der Waals surface area contributed by atoms with Crippen molar-refractivity contribution >= 4 is 10.9 Å². The fourth-order valence-corrected chi connectivity index (χ4v) is 4.40. The van der Waals surface area contributed by atoms with Crippen molar-refractivity contribution in [2.24, 2.45) is 7.05 Å². The zero-order valence-corrected chi connectivity index (χ0v) is 16.6. The topological polar surface area (TPSA) is 36.2 Å². The fraction of sp³-hybridized carbons (Fsp3) is 0.240. The molecule has 0 aliphatic heterocycles. The van der Waals surface area contributed by atoms with Crippen LogP contribution in [0.25, 0.3) is 16.6 Å². The first-order chi connectivity index (χ1) is 14.2.